The van der Waals surface area contributed by atoms with Gasteiger partial charge in [0.2, 0.25) is 0 Å². The van der Waals surface area contributed by atoms with Crippen LogP contribution in [0.3, 0.4) is 0 Å². The van der Waals surface area contributed by atoms with Crippen LogP contribution in [0, 0.1) is 0 Å². The minimum Gasteiger partial charge on any atom is -0.463 e. The molecule has 7 rings (SSSR count). The molecule has 1 aliphatic carbocycles. The first-order valence-electron chi connectivity index (χ1n) is 14.0. The number of ether oxygens (including phenoxy) is 5. The number of nitrogens with zero attached hydrogens (tertiary/aromatic N) is 4. The Kier molecular flexibility index (Phi) is 7.54. The van der Waals surface area contributed by atoms with Crippen LogP contribution in [0.5, 0.6) is 23.5 Å². The summed E-state index contributed by atoms with van der Waals surface area (Å²) < 4.78 is 26.8. The van der Waals surface area contributed by atoms with Gasteiger partial charge in [0.05, 0.1) is 31.5 Å². The van der Waals surface area contributed by atoms with Crippen LogP contribution in [0.2, 0.25) is 0 Å². The third-order valence-electron chi connectivity index (χ3n) is 7.28. The van der Waals surface area contributed by atoms with Crippen LogP contribution in [0.4, 0.5) is 0 Å². The first kappa shape index (κ1) is 27.2. The molecule has 3 unspecified atom stereocenters. The number of rotatable bonds is 13. The maximum absolute atomic E-state index is 12.7. The van der Waals surface area contributed by atoms with E-state index in [1.165, 1.54) is 12.4 Å². The molecule has 4 aromatic rings. The van der Waals surface area contributed by atoms with Gasteiger partial charge in [-0.3, -0.25) is 0 Å². The fourth-order valence-corrected chi connectivity index (χ4v) is 4.74. The second-order valence-electron chi connectivity index (χ2n) is 10.4. The summed E-state index contributed by atoms with van der Waals surface area (Å²) in [4.78, 5) is 40.3. The van der Waals surface area contributed by atoms with Gasteiger partial charge in [0.1, 0.15) is 25.1 Å². The van der Waals surface area contributed by atoms with E-state index in [1.807, 2.05) is 30.3 Å². The van der Waals surface area contributed by atoms with E-state index in [1.54, 1.807) is 18.5 Å². The highest BCUT2D eigenvalue weighted by molar-refractivity contribution is 5.90. The molecule has 2 aromatic heterocycles. The van der Waals surface area contributed by atoms with Gasteiger partial charge in [-0.25, -0.2) is 24.7 Å². The number of aromatic nitrogens is 4. The fraction of sp³-hybridized carbons (Fsp3) is 0.323. The largest absolute Gasteiger partial charge is 0.463 e. The van der Waals surface area contributed by atoms with Crippen LogP contribution in [-0.2, 0) is 21.0 Å². The van der Waals surface area contributed by atoms with Gasteiger partial charge in [0, 0.05) is 42.7 Å². The quantitative estimate of drug-likeness (QED) is 0.0735. The summed E-state index contributed by atoms with van der Waals surface area (Å²) in [5.74, 6) is 0.509. The maximum atomic E-state index is 12.7. The lowest BCUT2D eigenvalue weighted by molar-refractivity contribution is -0.217. The van der Waals surface area contributed by atoms with Gasteiger partial charge in [0.25, 0.3) is 0 Å². The highest BCUT2D eigenvalue weighted by Gasteiger charge is 2.27. The van der Waals surface area contributed by atoms with E-state index in [0.29, 0.717) is 43.4 Å². The number of hydrogen-bond donors (Lipinski definition) is 0. The Morgan fingerprint density at radius 2 is 1.47 bits per heavy atom. The van der Waals surface area contributed by atoms with E-state index < -0.39 is 5.97 Å². The number of epoxide rings is 2. The van der Waals surface area contributed by atoms with Gasteiger partial charge in [-0.05, 0) is 46.5 Å². The SMILES string of the molecule is CC1c2cc(OOCc3cnc(OCCC4CO4)nc3)ccc2-c2ccc(OC(=O)c3cnc(OCC4CO4)nc3)cc21. The van der Waals surface area contributed by atoms with Crippen LogP contribution in [0.1, 0.15) is 46.3 Å². The molecule has 0 amide bonds. The first-order valence-corrected chi connectivity index (χ1v) is 14.0. The zero-order valence-electron chi connectivity index (χ0n) is 23.3. The summed E-state index contributed by atoms with van der Waals surface area (Å²) in [7, 11) is 0. The minimum absolute atomic E-state index is 0.0508. The zero-order chi connectivity index (χ0) is 29.2. The van der Waals surface area contributed by atoms with Crippen molar-refractivity contribution in [2.75, 3.05) is 26.4 Å². The van der Waals surface area contributed by atoms with Gasteiger partial charge < -0.3 is 28.6 Å². The van der Waals surface area contributed by atoms with E-state index in [-0.39, 0.29) is 30.2 Å². The molecule has 2 saturated heterocycles. The Morgan fingerprint density at radius 3 is 2.16 bits per heavy atom. The topological polar surface area (TPSA) is 140 Å². The van der Waals surface area contributed by atoms with Crippen molar-refractivity contribution in [3.8, 4) is 34.6 Å². The Morgan fingerprint density at radius 1 is 0.837 bits per heavy atom. The predicted molar refractivity (Wildman–Crippen MR) is 149 cm³/mol. The lowest BCUT2D eigenvalue weighted by Gasteiger charge is -2.10. The third kappa shape index (κ3) is 6.56. The van der Waals surface area contributed by atoms with E-state index in [0.717, 1.165) is 40.8 Å². The second kappa shape index (κ2) is 11.9. The molecular formula is C31H28N4O8. The molecular weight excluding hydrogens is 556 g/mol. The summed E-state index contributed by atoms with van der Waals surface area (Å²) in [6, 6.07) is 11.9. The average Bonchev–Trinajstić information content (AvgIpc) is 3.97. The molecule has 0 N–H and O–H groups in total. The number of carbonyl (C=O) groups excluding carboxylic acids is 1. The van der Waals surface area contributed by atoms with Crippen molar-refractivity contribution < 1.29 is 38.3 Å². The molecule has 12 heteroatoms. The monoisotopic (exact) mass is 584 g/mol. The molecule has 0 bridgehead atoms. The van der Waals surface area contributed by atoms with Crippen LogP contribution >= 0.6 is 0 Å². The van der Waals surface area contributed by atoms with Crippen molar-refractivity contribution in [3.05, 3.63) is 83.4 Å². The molecule has 2 fully saturated rings. The zero-order valence-corrected chi connectivity index (χ0v) is 23.3. The maximum Gasteiger partial charge on any atom is 0.346 e. The lowest BCUT2D eigenvalue weighted by Crippen LogP contribution is -2.11. The number of hydrogen-bond acceptors (Lipinski definition) is 12. The van der Waals surface area contributed by atoms with E-state index >= 15 is 0 Å². The third-order valence-corrected chi connectivity index (χ3v) is 7.28. The molecule has 4 heterocycles. The smallest absolute Gasteiger partial charge is 0.346 e. The van der Waals surface area contributed by atoms with Gasteiger partial charge in [-0.2, -0.15) is 4.89 Å². The highest BCUT2D eigenvalue weighted by Crippen LogP contribution is 2.47. The van der Waals surface area contributed by atoms with Crippen LogP contribution < -0.4 is 19.1 Å². The Balaban J connectivity index is 0.930. The Bertz CT molecular complexity index is 1610. The molecule has 2 aliphatic heterocycles. The Labute approximate surface area is 246 Å². The van der Waals surface area contributed by atoms with Crippen molar-refractivity contribution in [1.82, 2.24) is 19.9 Å². The van der Waals surface area contributed by atoms with Crippen molar-refractivity contribution in [2.24, 2.45) is 0 Å². The van der Waals surface area contributed by atoms with E-state index in [4.69, 9.17) is 33.5 Å². The standard InChI is InChI=1S/C31H28N4O8/c1-18-27-8-21(42-29(36)20-12-34-31(35-13-20)40-17-24-16-39-24)2-4-25(27)26-5-3-22(9-28(18)26)43-41-14-19-10-32-30(33-11-19)37-7-6-23-15-38-23/h2-5,8-13,18,23-24H,6-7,14-17H2,1H3. The van der Waals surface area contributed by atoms with Gasteiger partial charge in [-0.1, -0.05) is 19.1 Å². The fourth-order valence-electron chi connectivity index (χ4n) is 4.74. The van der Waals surface area contributed by atoms with Crippen LogP contribution in [0.15, 0.2) is 61.2 Å². The lowest BCUT2D eigenvalue weighted by atomic mass is 9.99. The molecule has 3 atom stereocenters. The molecule has 220 valence electrons. The summed E-state index contributed by atoms with van der Waals surface area (Å²) in [6.45, 7) is 4.66. The van der Waals surface area contributed by atoms with Crippen molar-refractivity contribution in [2.45, 2.75) is 38.1 Å². The van der Waals surface area contributed by atoms with Crippen molar-refractivity contribution in [3.63, 3.8) is 0 Å². The highest BCUT2D eigenvalue weighted by atomic mass is 17.2. The number of carbonyl (C=O) groups is 1. The molecule has 12 nitrogen and oxygen atoms in total. The van der Waals surface area contributed by atoms with Gasteiger partial charge >= 0.3 is 18.0 Å². The first-order chi connectivity index (χ1) is 21.1. The van der Waals surface area contributed by atoms with Gasteiger partial charge in [0.15, 0.2) is 5.75 Å². The minimum atomic E-state index is -0.552. The van der Waals surface area contributed by atoms with Crippen molar-refractivity contribution >= 4 is 5.97 Å². The molecule has 3 aliphatic rings. The summed E-state index contributed by atoms with van der Waals surface area (Å²) in [5.41, 5.74) is 5.27. The normalized spacial score (nSPS) is 19.2. The molecule has 0 spiro atoms. The van der Waals surface area contributed by atoms with Gasteiger partial charge in [-0.15, -0.1) is 0 Å². The second-order valence-corrected chi connectivity index (χ2v) is 10.4. The van der Waals surface area contributed by atoms with Crippen molar-refractivity contribution in [1.29, 1.82) is 0 Å². The van der Waals surface area contributed by atoms with E-state index in [9.17, 15) is 4.79 Å². The number of esters is 1. The predicted octanol–water partition coefficient (Wildman–Crippen LogP) is 4.07. The molecule has 0 radical (unpaired) electrons. The Hall–Kier alpha value is -4.65. The molecule has 43 heavy (non-hydrogen) atoms. The van der Waals surface area contributed by atoms with Crippen LogP contribution in [0.25, 0.3) is 11.1 Å². The summed E-state index contributed by atoms with van der Waals surface area (Å²) >= 11 is 0. The summed E-state index contributed by atoms with van der Waals surface area (Å²) in [5, 5.41) is 0. The molecule has 0 saturated carbocycles. The summed E-state index contributed by atoms with van der Waals surface area (Å²) in [6.07, 6.45) is 7.30. The number of benzene rings is 2. The van der Waals surface area contributed by atoms with Crippen LogP contribution in [-0.4, -0.2) is 64.5 Å². The molecule has 2 aromatic carbocycles. The number of fused-ring (bicyclic) bond motifs is 3. The average molecular weight is 585 g/mol. The van der Waals surface area contributed by atoms with E-state index in [2.05, 4.69) is 26.9 Å².